The number of nitrogens with zero attached hydrogens (tertiary/aromatic N) is 2. The van der Waals surface area contributed by atoms with Gasteiger partial charge in [-0.2, -0.15) is 9.78 Å². The average Bonchev–Trinajstić information content (AvgIpc) is 2.90. The lowest BCUT2D eigenvalue weighted by Gasteiger charge is -2.07. The minimum Gasteiger partial charge on any atom is -0.350 e. The van der Waals surface area contributed by atoms with Gasteiger partial charge in [0.1, 0.15) is 5.52 Å². The van der Waals surface area contributed by atoms with Crippen LogP contribution in [0.4, 0.5) is 0 Å². The predicted octanol–water partition coefficient (Wildman–Crippen LogP) is 3.48. The molecule has 0 aliphatic heterocycles. The second-order valence-electron chi connectivity index (χ2n) is 5.59. The van der Waals surface area contributed by atoms with Gasteiger partial charge in [0.2, 0.25) is 0 Å². The highest BCUT2D eigenvalue weighted by Gasteiger charge is 2.11. The van der Waals surface area contributed by atoms with Crippen LogP contribution in [0.3, 0.4) is 0 Å². The standard InChI is InChI=1S/C18H15N3O/c1-11-7-8-13(9-12(11)2)21-18(22)17-15(10-19-21)14-5-3-4-6-16(14)20-17/h3-10,20H,1-2H3. The highest BCUT2D eigenvalue weighted by Crippen LogP contribution is 2.22. The monoisotopic (exact) mass is 289 g/mol. The molecule has 4 aromatic rings. The number of hydrogen-bond donors (Lipinski definition) is 1. The van der Waals surface area contributed by atoms with Gasteiger partial charge in [0.25, 0.3) is 5.56 Å². The summed E-state index contributed by atoms with van der Waals surface area (Å²) in [6, 6.07) is 13.8. The Balaban J connectivity index is 2.03. The molecule has 0 aliphatic rings. The Morgan fingerprint density at radius 1 is 1.00 bits per heavy atom. The fraction of sp³-hybridized carbons (Fsp3) is 0.111. The van der Waals surface area contributed by atoms with Gasteiger partial charge < -0.3 is 4.98 Å². The second kappa shape index (κ2) is 4.56. The third kappa shape index (κ3) is 1.77. The Labute approximate surface area is 127 Å². The molecule has 2 aromatic carbocycles. The molecule has 0 atom stereocenters. The molecule has 0 radical (unpaired) electrons. The van der Waals surface area contributed by atoms with Crippen molar-refractivity contribution >= 4 is 21.8 Å². The molecule has 1 N–H and O–H groups in total. The normalized spacial score (nSPS) is 11.4. The predicted molar refractivity (Wildman–Crippen MR) is 88.7 cm³/mol. The Hall–Kier alpha value is -2.88. The number of aromatic amines is 1. The Bertz CT molecular complexity index is 1070. The zero-order chi connectivity index (χ0) is 15.3. The molecule has 0 amide bonds. The van der Waals surface area contributed by atoms with Crippen molar-refractivity contribution in [2.24, 2.45) is 0 Å². The van der Waals surface area contributed by atoms with Crippen molar-refractivity contribution < 1.29 is 0 Å². The molecular formula is C18H15N3O. The van der Waals surface area contributed by atoms with Crippen LogP contribution in [0.2, 0.25) is 0 Å². The molecule has 108 valence electrons. The number of aromatic nitrogens is 3. The van der Waals surface area contributed by atoms with Crippen LogP contribution in [0.1, 0.15) is 11.1 Å². The summed E-state index contributed by atoms with van der Waals surface area (Å²) < 4.78 is 1.45. The summed E-state index contributed by atoms with van der Waals surface area (Å²) in [7, 11) is 0. The van der Waals surface area contributed by atoms with Crippen LogP contribution >= 0.6 is 0 Å². The minimum atomic E-state index is -0.128. The maximum absolute atomic E-state index is 12.8. The van der Waals surface area contributed by atoms with Crippen LogP contribution in [-0.2, 0) is 0 Å². The minimum absolute atomic E-state index is 0.128. The van der Waals surface area contributed by atoms with Crippen molar-refractivity contribution in [3.63, 3.8) is 0 Å². The third-order valence-corrected chi connectivity index (χ3v) is 4.19. The van der Waals surface area contributed by atoms with E-state index in [1.807, 2.05) is 49.4 Å². The van der Waals surface area contributed by atoms with E-state index in [0.717, 1.165) is 27.5 Å². The zero-order valence-corrected chi connectivity index (χ0v) is 12.4. The summed E-state index contributed by atoms with van der Waals surface area (Å²) in [5.74, 6) is 0. The van der Waals surface area contributed by atoms with Gasteiger partial charge in [-0.25, -0.2) is 0 Å². The lowest BCUT2D eigenvalue weighted by atomic mass is 10.1. The molecule has 4 rings (SSSR count). The van der Waals surface area contributed by atoms with Crippen molar-refractivity contribution in [1.29, 1.82) is 0 Å². The number of benzene rings is 2. The van der Waals surface area contributed by atoms with E-state index >= 15 is 0 Å². The first-order valence-corrected chi connectivity index (χ1v) is 7.21. The van der Waals surface area contributed by atoms with Crippen molar-refractivity contribution in [3.8, 4) is 5.69 Å². The first-order valence-electron chi connectivity index (χ1n) is 7.21. The highest BCUT2D eigenvalue weighted by molar-refractivity contribution is 6.06. The van der Waals surface area contributed by atoms with E-state index in [2.05, 4.69) is 17.0 Å². The van der Waals surface area contributed by atoms with E-state index in [9.17, 15) is 4.79 Å². The molecular weight excluding hydrogens is 274 g/mol. The van der Waals surface area contributed by atoms with Crippen LogP contribution in [0.5, 0.6) is 0 Å². The van der Waals surface area contributed by atoms with Crippen LogP contribution < -0.4 is 5.56 Å². The van der Waals surface area contributed by atoms with Gasteiger partial charge in [-0.3, -0.25) is 4.79 Å². The fourth-order valence-electron chi connectivity index (χ4n) is 2.78. The number of aryl methyl sites for hydroxylation is 2. The van der Waals surface area contributed by atoms with Gasteiger partial charge in [-0.15, -0.1) is 0 Å². The fourth-order valence-corrected chi connectivity index (χ4v) is 2.78. The summed E-state index contributed by atoms with van der Waals surface area (Å²) in [6.07, 6.45) is 1.75. The summed E-state index contributed by atoms with van der Waals surface area (Å²) in [5.41, 5.74) is 4.54. The second-order valence-corrected chi connectivity index (χ2v) is 5.59. The molecule has 0 spiro atoms. The molecule has 4 heteroatoms. The van der Waals surface area contributed by atoms with Crippen LogP contribution in [0.15, 0.2) is 53.5 Å². The SMILES string of the molecule is Cc1ccc(-n2ncc3c([nH]c4ccccc43)c2=O)cc1C. The number of rotatable bonds is 1. The summed E-state index contributed by atoms with van der Waals surface area (Å²) >= 11 is 0. The van der Waals surface area contributed by atoms with Crippen molar-refractivity contribution in [1.82, 2.24) is 14.8 Å². The van der Waals surface area contributed by atoms with Gasteiger partial charge in [-0.05, 0) is 43.2 Å². The van der Waals surface area contributed by atoms with Gasteiger partial charge in [0, 0.05) is 16.3 Å². The molecule has 22 heavy (non-hydrogen) atoms. The first-order chi connectivity index (χ1) is 10.6. The summed E-state index contributed by atoms with van der Waals surface area (Å²) in [5, 5.41) is 6.24. The Kier molecular flexibility index (Phi) is 2.66. The van der Waals surface area contributed by atoms with E-state index in [-0.39, 0.29) is 5.56 Å². The van der Waals surface area contributed by atoms with Crippen molar-refractivity contribution in [3.05, 3.63) is 70.1 Å². The van der Waals surface area contributed by atoms with Crippen LogP contribution in [0.25, 0.3) is 27.5 Å². The Morgan fingerprint density at radius 2 is 1.82 bits per heavy atom. The van der Waals surface area contributed by atoms with Crippen molar-refractivity contribution in [2.75, 3.05) is 0 Å². The van der Waals surface area contributed by atoms with E-state index in [4.69, 9.17) is 0 Å². The van der Waals surface area contributed by atoms with E-state index in [0.29, 0.717) is 5.52 Å². The summed E-state index contributed by atoms with van der Waals surface area (Å²) in [6.45, 7) is 4.08. The number of fused-ring (bicyclic) bond motifs is 3. The number of para-hydroxylation sites is 1. The molecule has 0 unspecified atom stereocenters. The molecule has 0 saturated carbocycles. The molecule has 0 aliphatic carbocycles. The Morgan fingerprint density at radius 3 is 2.64 bits per heavy atom. The third-order valence-electron chi connectivity index (χ3n) is 4.19. The average molecular weight is 289 g/mol. The van der Waals surface area contributed by atoms with E-state index < -0.39 is 0 Å². The maximum Gasteiger partial charge on any atom is 0.295 e. The lowest BCUT2D eigenvalue weighted by molar-refractivity contribution is 0.818. The molecule has 2 heterocycles. The molecule has 0 saturated heterocycles. The quantitative estimate of drug-likeness (QED) is 0.583. The molecule has 4 nitrogen and oxygen atoms in total. The first kappa shape index (κ1) is 12.8. The van der Waals surface area contributed by atoms with Crippen molar-refractivity contribution in [2.45, 2.75) is 13.8 Å². The molecule has 0 fully saturated rings. The van der Waals surface area contributed by atoms with Gasteiger partial charge in [-0.1, -0.05) is 24.3 Å². The van der Waals surface area contributed by atoms with Gasteiger partial charge in [0.05, 0.1) is 11.9 Å². The number of nitrogens with one attached hydrogen (secondary N) is 1. The topological polar surface area (TPSA) is 50.7 Å². The van der Waals surface area contributed by atoms with E-state index in [1.165, 1.54) is 10.2 Å². The molecule has 0 bridgehead atoms. The van der Waals surface area contributed by atoms with E-state index in [1.54, 1.807) is 6.20 Å². The van der Waals surface area contributed by atoms with Gasteiger partial charge in [0.15, 0.2) is 0 Å². The number of H-pyrrole nitrogens is 1. The smallest absolute Gasteiger partial charge is 0.295 e. The lowest BCUT2D eigenvalue weighted by Crippen LogP contribution is -2.21. The van der Waals surface area contributed by atoms with Crippen LogP contribution in [-0.4, -0.2) is 14.8 Å². The number of hydrogen-bond acceptors (Lipinski definition) is 2. The molecule has 2 aromatic heterocycles. The van der Waals surface area contributed by atoms with Crippen LogP contribution in [0, 0.1) is 13.8 Å². The largest absolute Gasteiger partial charge is 0.350 e. The highest BCUT2D eigenvalue weighted by atomic mass is 16.1. The zero-order valence-electron chi connectivity index (χ0n) is 12.4. The van der Waals surface area contributed by atoms with Gasteiger partial charge >= 0.3 is 0 Å². The summed E-state index contributed by atoms with van der Waals surface area (Å²) in [4.78, 5) is 16.0. The maximum atomic E-state index is 12.8.